The predicted octanol–water partition coefficient (Wildman–Crippen LogP) is 4.01. The number of aromatic hydroxyl groups is 1. The maximum Gasteiger partial charge on any atom is 0.308 e. The molecule has 6 rings (SSSR count). The molecule has 1 N–H and O–H groups in total. The van der Waals surface area contributed by atoms with Gasteiger partial charge in [0, 0.05) is 24.7 Å². The summed E-state index contributed by atoms with van der Waals surface area (Å²) in [5.74, 6) is -1.05. The minimum atomic E-state index is -0.892. The van der Waals surface area contributed by atoms with Crippen molar-refractivity contribution in [2.75, 3.05) is 6.61 Å². The van der Waals surface area contributed by atoms with E-state index < -0.39 is 35.9 Å². The molecule has 9 heteroatoms. The Morgan fingerprint density at radius 1 is 1.03 bits per heavy atom. The molecule has 5 fully saturated rings. The van der Waals surface area contributed by atoms with E-state index in [1.807, 2.05) is 13.8 Å². The van der Waals surface area contributed by atoms with Gasteiger partial charge in [0.25, 0.3) is 0 Å². The van der Waals surface area contributed by atoms with Crippen LogP contribution in [0.2, 0.25) is 0 Å². The van der Waals surface area contributed by atoms with Crippen molar-refractivity contribution < 1.29 is 43.4 Å². The normalized spacial score (nSPS) is 39.1. The number of ether oxygens (including phenoxy) is 4. The summed E-state index contributed by atoms with van der Waals surface area (Å²) in [4.78, 5) is 36.7. The Morgan fingerprint density at radius 2 is 1.78 bits per heavy atom. The zero-order valence-electron chi connectivity index (χ0n) is 21.1. The monoisotopic (exact) mass is 504 g/mol. The molecule has 1 aromatic carbocycles. The number of phenols is 1. The van der Waals surface area contributed by atoms with E-state index in [2.05, 4.69) is 6.92 Å². The Labute approximate surface area is 211 Å². The van der Waals surface area contributed by atoms with Gasteiger partial charge in [-0.1, -0.05) is 26.0 Å². The highest BCUT2D eigenvalue weighted by atomic mass is 17.3. The Morgan fingerprint density at radius 3 is 2.56 bits per heavy atom. The van der Waals surface area contributed by atoms with Crippen molar-refractivity contribution in [2.24, 2.45) is 23.7 Å². The molecule has 2 bridgehead atoms. The minimum absolute atomic E-state index is 0.0581. The van der Waals surface area contributed by atoms with Gasteiger partial charge in [-0.15, -0.1) is 0 Å². The second-order valence-corrected chi connectivity index (χ2v) is 10.9. The molecule has 1 aromatic rings. The van der Waals surface area contributed by atoms with Crippen molar-refractivity contribution in [3.05, 3.63) is 29.8 Å². The van der Waals surface area contributed by atoms with Gasteiger partial charge in [-0.05, 0) is 55.7 Å². The molecule has 1 spiro atoms. The van der Waals surface area contributed by atoms with E-state index in [9.17, 15) is 14.7 Å². The maximum absolute atomic E-state index is 12.6. The average molecular weight is 505 g/mol. The van der Waals surface area contributed by atoms with Crippen LogP contribution in [0.4, 0.5) is 0 Å². The highest BCUT2D eigenvalue weighted by molar-refractivity contribution is 5.77. The van der Waals surface area contributed by atoms with Crippen molar-refractivity contribution in [2.45, 2.75) is 89.7 Å². The molecule has 1 saturated carbocycles. The fraction of sp³-hybridized carbons (Fsp3) is 0.704. The Balaban J connectivity index is 1.15. The lowest BCUT2D eigenvalue weighted by atomic mass is 9.58. The number of benzene rings is 1. The number of hydrogen-bond donors (Lipinski definition) is 1. The zero-order chi connectivity index (χ0) is 25.5. The number of fused-ring (bicyclic) bond motifs is 2. The highest BCUT2D eigenvalue weighted by Gasteiger charge is 2.69. The standard InChI is InChI=1S/C27H36O9/c1-16-4-9-21-17(2)24(33-25-27(21)20(16)12-14-26(3,34-25)35-36-27)32-23(30)11-10-22(29)31-15-13-18-5-7-19(28)8-6-18/h5-8,16-17,20-21,24-25,28H,4,9-15H2,1-3H3/t16-,17-,20+,21+,24-,25-,26+,27-/m1/s1. The predicted molar refractivity (Wildman–Crippen MR) is 125 cm³/mol. The molecular weight excluding hydrogens is 468 g/mol. The van der Waals surface area contributed by atoms with Gasteiger partial charge in [0.1, 0.15) is 5.75 Å². The van der Waals surface area contributed by atoms with Crippen LogP contribution >= 0.6 is 0 Å². The van der Waals surface area contributed by atoms with Crippen LogP contribution in [-0.2, 0) is 44.7 Å². The van der Waals surface area contributed by atoms with E-state index in [1.54, 1.807) is 24.3 Å². The van der Waals surface area contributed by atoms with E-state index in [-0.39, 0.29) is 43.0 Å². The summed E-state index contributed by atoms with van der Waals surface area (Å²) in [5, 5.41) is 9.33. The third kappa shape index (κ3) is 4.74. The average Bonchev–Trinajstić information content (AvgIpc) is 3.08. The molecule has 198 valence electrons. The van der Waals surface area contributed by atoms with Crippen molar-refractivity contribution in [3.63, 3.8) is 0 Å². The van der Waals surface area contributed by atoms with Crippen LogP contribution in [0.1, 0.15) is 64.9 Å². The van der Waals surface area contributed by atoms with Crippen LogP contribution < -0.4 is 0 Å². The van der Waals surface area contributed by atoms with Gasteiger partial charge in [0.2, 0.25) is 12.1 Å². The summed E-state index contributed by atoms with van der Waals surface area (Å²) in [7, 11) is 0. The second kappa shape index (κ2) is 9.93. The van der Waals surface area contributed by atoms with E-state index in [0.717, 1.165) is 24.8 Å². The van der Waals surface area contributed by atoms with E-state index in [1.165, 1.54) is 0 Å². The van der Waals surface area contributed by atoms with Crippen LogP contribution in [0.25, 0.3) is 0 Å². The molecule has 0 radical (unpaired) electrons. The summed E-state index contributed by atoms with van der Waals surface area (Å²) in [6.07, 6.45) is 2.50. The quantitative estimate of drug-likeness (QED) is 0.435. The van der Waals surface area contributed by atoms with Crippen molar-refractivity contribution in [1.29, 1.82) is 0 Å². The summed E-state index contributed by atoms with van der Waals surface area (Å²) >= 11 is 0. The zero-order valence-corrected chi connectivity index (χ0v) is 21.1. The van der Waals surface area contributed by atoms with Gasteiger partial charge in [-0.2, -0.15) is 0 Å². The second-order valence-electron chi connectivity index (χ2n) is 10.9. The van der Waals surface area contributed by atoms with Crippen LogP contribution in [0, 0.1) is 23.7 Å². The molecule has 0 unspecified atom stereocenters. The molecular formula is C27H36O9. The Hall–Kier alpha value is -2.20. The van der Waals surface area contributed by atoms with Crippen LogP contribution in [-0.4, -0.2) is 47.6 Å². The SMILES string of the molecule is C[C@H]1[C@H](OC(=O)CCC(=O)OCCc2ccc(O)cc2)O[C@@H]2O[C@]3(C)CC[C@H]4[C@H](C)CC[C@@H]1[C@@]24OO3. The molecule has 1 aliphatic carbocycles. The van der Waals surface area contributed by atoms with Gasteiger partial charge < -0.3 is 24.1 Å². The van der Waals surface area contributed by atoms with Gasteiger partial charge >= 0.3 is 11.9 Å². The summed E-state index contributed by atoms with van der Waals surface area (Å²) in [6, 6.07) is 6.71. The molecule has 4 saturated heterocycles. The third-order valence-electron chi connectivity index (χ3n) is 8.47. The first-order valence-corrected chi connectivity index (χ1v) is 13.0. The van der Waals surface area contributed by atoms with Gasteiger partial charge in [-0.25, -0.2) is 9.78 Å². The number of hydrogen-bond acceptors (Lipinski definition) is 9. The van der Waals surface area contributed by atoms with Crippen LogP contribution in [0.3, 0.4) is 0 Å². The highest BCUT2D eigenvalue weighted by Crippen LogP contribution is 2.60. The molecule has 9 nitrogen and oxygen atoms in total. The molecule has 4 aliphatic heterocycles. The lowest BCUT2D eigenvalue weighted by Crippen LogP contribution is -2.70. The summed E-state index contributed by atoms with van der Waals surface area (Å²) < 4.78 is 23.5. The van der Waals surface area contributed by atoms with Gasteiger partial charge in [-0.3, -0.25) is 9.59 Å². The number of carbonyl (C=O) groups excluding carboxylic acids is 2. The molecule has 5 aliphatic rings. The topological polar surface area (TPSA) is 110 Å². The number of esters is 2. The summed E-state index contributed by atoms with van der Waals surface area (Å²) in [5.41, 5.74) is 0.232. The largest absolute Gasteiger partial charge is 0.508 e. The first-order chi connectivity index (χ1) is 17.2. The van der Waals surface area contributed by atoms with E-state index >= 15 is 0 Å². The van der Waals surface area contributed by atoms with E-state index in [4.69, 9.17) is 28.7 Å². The molecule has 0 aromatic heterocycles. The number of carbonyl (C=O) groups is 2. The maximum atomic E-state index is 12.6. The third-order valence-corrected chi connectivity index (χ3v) is 8.47. The van der Waals surface area contributed by atoms with Crippen molar-refractivity contribution in [1.82, 2.24) is 0 Å². The van der Waals surface area contributed by atoms with Crippen LogP contribution in [0.15, 0.2) is 24.3 Å². The fourth-order valence-electron chi connectivity index (χ4n) is 6.42. The molecule has 0 amide bonds. The first kappa shape index (κ1) is 25.4. The lowest BCUT2D eigenvalue weighted by molar-refractivity contribution is -0.576. The first-order valence-electron chi connectivity index (χ1n) is 13.0. The lowest BCUT2D eigenvalue weighted by Gasteiger charge is -2.59. The Kier molecular flexibility index (Phi) is 7.02. The smallest absolute Gasteiger partial charge is 0.308 e. The summed E-state index contributed by atoms with van der Waals surface area (Å²) in [6.45, 7) is 6.31. The minimum Gasteiger partial charge on any atom is -0.508 e. The van der Waals surface area contributed by atoms with E-state index in [0.29, 0.717) is 18.8 Å². The molecule has 36 heavy (non-hydrogen) atoms. The van der Waals surface area contributed by atoms with Gasteiger partial charge in [0.15, 0.2) is 11.9 Å². The Bertz CT molecular complexity index is 964. The molecule has 4 heterocycles. The van der Waals surface area contributed by atoms with Crippen molar-refractivity contribution in [3.8, 4) is 5.75 Å². The molecule has 8 atom stereocenters. The van der Waals surface area contributed by atoms with Gasteiger partial charge in [0.05, 0.1) is 19.4 Å². The fourth-order valence-corrected chi connectivity index (χ4v) is 6.42. The van der Waals surface area contributed by atoms with Crippen LogP contribution in [0.5, 0.6) is 5.75 Å². The van der Waals surface area contributed by atoms with Crippen molar-refractivity contribution >= 4 is 11.9 Å². The number of rotatable bonds is 7. The number of phenolic OH excluding ortho intramolecular Hbond substituents is 1.